The van der Waals surface area contributed by atoms with Gasteiger partial charge in [-0.2, -0.15) is 5.10 Å². The van der Waals surface area contributed by atoms with E-state index in [1.807, 2.05) is 0 Å². The first kappa shape index (κ1) is 15.1. The largest absolute Gasteiger partial charge is 0.300 e. The van der Waals surface area contributed by atoms with E-state index in [9.17, 15) is 0 Å². The van der Waals surface area contributed by atoms with Gasteiger partial charge < -0.3 is 4.90 Å². The van der Waals surface area contributed by atoms with Crippen LogP contribution >= 0.6 is 0 Å². The zero-order chi connectivity index (χ0) is 14.8. The predicted octanol–water partition coefficient (Wildman–Crippen LogP) is 4.22. The molecule has 0 unspecified atom stereocenters. The number of hydrogen-bond donors (Lipinski definition) is 0. The minimum absolute atomic E-state index is 0.586. The lowest BCUT2D eigenvalue weighted by atomic mass is 9.85. The number of aromatic nitrogens is 2. The number of likely N-dealkylation sites (tertiary alicyclic amines) is 1. The average Bonchev–Trinajstić information content (AvgIpc) is 2.98. The molecule has 1 aromatic rings. The minimum Gasteiger partial charge on any atom is -0.300 e. The molecule has 2 aliphatic rings. The second kappa shape index (κ2) is 6.51. The molecular formula is C18H31N3. The summed E-state index contributed by atoms with van der Waals surface area (Å²) in [4.78, 5) is 2.76. The topological polar surface area (TPSA) is 21.1 Å². The molecule has 0 spiro atoms. The Hall–Kier alpha value is -0.830. The molecule has 3 heteroatoms. The summed E-state index contributed by atoms with van der Waals surface area (Å²) < 4.78 is 2.23. The van der Waals surface area contributed by atoms with Crippen molar-refractivity contribution < 1.29 is 0 Å². The van der Waals surface area contributed by atoms with E-state index in [-0.39, 0.29) is 0 Å². The fourth-order valence-corrected chi connectivity index (χ4v) is 3.97. The van der Waals surface area contributed by atoms with Crippen molar-refractivity contribution in [1.82, 2.24) is 14.7 Å². The van der Waals surface area contributed by atoms with Crippen LogP contribution in [0.15, 0.2) is 12.4 Å². The summed E-state index contributed by atoms with van der Waals surface area (Å²) in [5, 5.41) is 4.61. The molecule has 0 aromatic carbocycles. The van der Waals surface area contributed by atoms with E-state index in [0.29, 0.717) is 12.0 Å². The van der Waals surface area contributed by atoms with Crippen LogP contribution in [0.1, 0.15) is 76.8 Å². The average molecular weight is 289 g/mol. The molecule has 0 radical (unpaired) electrons. The van der Waals surface area contributed by atoms with Crippen molar-refractivity contribution in [1.29, 1.82) is 0 Å². The number of nitrogens with zero attached hydrogens (tertiary/aromatic N) is 3. The monoisotopic (exact) mass is 289 g/mol. The lowest BCUT2D eigenvalue weighted by Gasteiger charge is -2.40. The minimum atomic E-state index is 0.586. The van der Waals surface area contributed by atoms with Crippen molar-refractivity contribution in [2.24, 2.45) is 5.92 Å². The van der Waals surface area contributed by atoms with Crippen molar-refractivity contribution in [3.8, 4) is 0 Å². The molecule has 0 bridgehead atoms. The van der Waals surface area contributed by atoms with Crippen molar-refractivity contribution >= 4 is 0 Å². The van der Waals surface area contributed by atoms with E-state index in [1.165, 1.54) is 57.2 Å². The molecule has 1 aliphatic carbocycles. The van der Waals surface area contributed by atoms with Crippen LogP contribution < -0.4 is 0 Å². The first-order chi connectivity index (χ1) is 10.1. The lowest BCUT2D eigenvalue weighted by Crippen LogP contribution is -2.43. The van der Waals surface area contributed by atoms with Gasteiger partial charge in [0, 0.05) is 25.3 Å². The normalized spacial score (nSPS) is 29.1. The molecule has 1 saturated heterocycles. The highest BCUT2D eigenvalue weighted by Gasteiger charge is 2.28. The van der Waals surface area contributed by atoms with Crippen molar-refractivity contribution in [3.05, 3.63) is 18.0 Å². The predicted molar refractivity (Wildman–Crippen MR) is 87.6 cm³/mol. The van der Waals surface area contributed by atoms with Crippen LogP contribution in [0.2, 0.25) is 0 Å². The van der Waals surface area contributed by atoms with E-state index in [4.69, 9.17) is 0 Å². The fraction of sp³-hybridized carbons (Fsp3) is 0.833. The van der Waals surface area contributed by atoms with Gasteiger partial charge in [-0.25, -0.2) is 0 Å². The summed E-state index contributed by atoms with van der Waals surface area (Å²) >= 11 is 0. The van der Waals surface area contributed by atoms with Crippen molar-refractivity contribution in [2.45, 2.75) is 77.3 Å². The highest BCUT2D eigenvalue weighted by atomic mass is 15.3. The van der Waals surface area contributed by atoms with Crippen LogP contribution in [0, 0.1) is 5.92 Å². The molecule has 118 valence electrons. The molecular weight excluding hydrogens is 258 g/mol. The molecule has 1 aliphatic heterocycles. The Labute approximate surface area is 129 Å². The summed E-state index contributed by atoms with van der Waals surface area (Å²) in [7, 11) is 0. The van der Waals surface area contributed by atoms with Gasteiger partial charge in [-0.3, -0.25) is 4.68 Å². The first-order valence-corrected chi connectivity index (χ1v) is 8.91. The maximum absolute atomic E-state index is 4.61. The SMILES string of the molecule is CC1CCC(N2CCC(n3cc(C(C)C)cn3)CC2)CC1. The van der Waals surface area contributed by atoms with Gasteiger partial charge in [0.2, 0.25) is 0 Å². The Kier molecular flexibility index (Phi) is 4.68. The third kappa shape index (κ3) is 3.50. The van der Waals surface area contributed by atoms with Gasteiger partial charge in [0.15, 0.2) is 0 Å². The van der Waals surface area contributed by atoms with Gasteiger partial charge in [0.25, 0.3) is 0 Å². The van der Waals surface area contributed by atoms with Gasteiger partial charge >= 0.3 is 0 Å². The van der Waals surface area contributed by atoms with Gasteiger partial charge in [-0.1, -0.05) is 20.8 Å². The Morgan fingerprint density at radius 3 is 2.24 bits per heavy atom. The molecule has 1 aromatic heterocycles. The third-order valence-electron chi connectivity index (χ3n) is 5.66. The highest BCUT2D eigenvalue weighted by molar-refractivity contribution is 5.09. The lowest BCUT2D eigenvalue weighted by molar-refractivity contribution is 0.0960. The van der Waals surface area contributed by atoms with Crippen molar-refractivity contribution in [2.75, 3.05) is 13.1 Å². The van der Waals surface area contributed by atoms with Crippen LogP contribution in [0.4, 0.5) is 0 Å². The van der Waals surface area contributed by atoms with Gasteiger partial charge in [0.05, 0.1) is 12.2 Å². The highest BCUT2D eigenvalue weighted by Crippen LogP contribution is 2.31. The van der Waals surface area contributed by atoms with Crippen LogP contribution in [0.3, 0.4) is 0 Å². The van der Waals surface area contributed by atoms with E-state index < -0.39 is 0 Å². The second-order valence-electron chi connectivity index (χ2n) is 7.59. The molecule has 3 nitrogen and oxygen atoms in total. The summed E-state index contributed by atoms with van der Waals surface area (Å²) in [6.07, 6.45) is 12.6. The standard InChI is InChI=1S/C18H31N3/c1-14(2)16-12-19-21(13-16)18-8-10-20(11-9-18)17-6-4-15(3)5-7-17/h12-15,17-18H,4-11H2,1-3H3. The Bertz CT molecular complexity index is 435. The summed E-state index contributed by atoms with van der Waals surface area (Å²) in [5.41, 5.74) is 1.37. The van der Waals surface area contributed by atoms with Gasteiger partial charge in [0.1, 0.15) is 0 Å². The third-order valence-corrected chi connectivity index (χ3v) is 5.66. The molecule has 21 heavy (non-hydrogen) atoms. The summed E-state index contributed by atoms with van der Waals surface area (Å²) in [5.74, 6) is 1.54. The zero-order valence-corrected chi connectivity index (χ0v) is 14.0. The van der Waals surface area contributed by atoms with Crippen LogP contribution in [0.5, 0.6) is 0 Å². The van der Waals surface area contributed by atoms with E-state index >= 15 is 0 Å². The summed E-state index contributed by atoms with van der Waals surface area (Å²) in [6, 6.07) is 1.49. The molecule has 0 amide bonds. The van der Waals surface area contributed by atoms with E-state index in [0.717, 1.165) is 12.0 Å². The second-order valence-corrected chi connectivity index (χ2v) is 7.59. The van der Waals surface area contributed by atoms with Crippen LogP contribution in [-0.4, -0.2) is 33.8 Å². The number of piperidine rings is 1. The molecule has 3 rings (SSSR count). The molecule has 2 fully saturated rings. The molecule has 2 heterocycles. The van der Waals surface area contributed by atoms with Crippen LogP contribution in [0.25, 0.3) is 0 Å². The maximum atomic E-state index is 4.61. The molecule has 0 N–H and O–H groups in total. The van der Waals surface area contributed by atoms with Gasteiger partial charge in [-0.15, -0.1) is 0 Å². The Balaban J connectivity index is 1.52. The van der Waals surface area contributed by atoms with E-state index in [1.54, 1.807) is 0 Å². The Morgan fingerprint density at radius 2 is 1.67 bits per heavy atom. The van der Waals surface area contributed by atoms with E-state index in [2.05, 4.69) is 47.8 Å². The number of hydrogen-bond acceptors (Lipinski definition) is 2. The number of rotatable bonds is 3. The van der Waals surface area contributed by atoms with Crippen molar-refractivity contribution in [3.63, 3.8) is 0 Å². The van der Waals surface area contributed by atoms with Gasteiger partial charge in [-0.05, 0) is 55.9 Å². The smallest absolute Gasteiger partial charge is 0.0543 e. The Morgan fingerprint density at radius 1 is 1.00 bits per heavy atom. The first-order valence-electron chi connectivity index (χ1n) is 8.91. The molecule has 0 atom stereocenters. The summed E-state index contributed by atoms with van der Waals surface area (Å²) in [6.45, 7) is 9.43. The zero-order valence-electron chi connectivity index (χ0n) is 14.0. The van der Waals surface area contributed by atoms with Crippen LogP contribution in [-0.2, 0) is 0 Å². The molecule has 1 saturated carbocycles. The quantitative estimate of drug-likeness (QED) is 0.830. The maximum Gasteiger partial charge on any atom is 0.0543 e. The fourth-order valence-electron chi connectivity index (χ4n) is 3.97.